The normalized spacial score (nSPS) is 14.7. The summed E-state index contributed by atoms with van der Waals surface area (Å²) in [4.78, 5) is 28.2. The van der Waals surface area contributed by atoms with Crippen LogP contribution < -0.4 is 16.1 Å². The standard InChI is InChI=1S/C27H24FN5O2/c1-18-15-25(34)32-33-26(18)24-11-10-23(16-21(24)7-4-19-5-8-22(28)9-6-19)31-27(35)30-14-12-20-3-2-13-29-17-20/h2-3,5-6,8-11,13,16-18H,12,14-15H2,1H3,(H,32,34)(H2,30,31,35). The first-order valence-electron chi connectivity index (χ1n) is 11.2. The smallest absolute Gasteiger partial charge is 0.319 e. The summed E-state index contributed by atoms with van der Waals surface area (Å²) in [6, 6.07) is 14.7. The number of halogens is 1. The van der Waals surface area contributed by atoms with E-state index < -0.39 is 0 Å². The highest BCUT2D eigenvalue weighted by Crippen LogP contribution is 2.22. The molecule has 0 saturated carbocycles. The highest BCUT2D eigenvalue weighted by molar-refractivity contribution is 6.07. The second-order valence-electron chi connectivity index (χ2n) is 8.15. The summed E-state index contributed by atoms with van der Waals surface area (Å²) in [5, 5.41) is 9.91. The van der Waals surface area contributed by atoms with Crippen LogP contribution >= 0.6 is 0 Å². The SMILES string of the molecule is CC1CC(=O)NN=C1c1ccc(NC(=O)NCCc2cccnc2)cc1C#Cc1ccc(F)cc1. The molecule has 2 aromatic carbocycles. The Labute approximate surface area is 202 Å². The van der Waals surface area contributed by atoms with Crippen molar-refractivity contribution in [1.29, 1.82) is 0 Å². The number of aromatic nitrogens is 1. The fourth-order valence-corrected chi connectivity index (χ4v) is 3.64. The van der Waals surface area contributed by atoms with E-state index in [1.807, 2.05) is 25.1 Å². The van der Waals surface area contributed by atoms with Crippen LogP contribution in [0.5, 0.6) is 0 Å². The summed E-state index contributed by atoms with van der Waals surface area (Å²) in [6.45, 7) is 2.39. The van der Waals surface area contributed by atoms with Crippen molar-refractivity contribution >= 4 is 23.3 Å². The highest BCUT2D eigenvalue weighted by atomic mass is 19.1. The van der Waals surface area contributed by atoms with Crippen molar-refractivity contribution in [2.45, 2.75) is 19.8 Å². The van der Waals surface area contributed by atoms with Crippen LogP contribution in [0.4, 0.5) is 14.9 Å². The molecule has 8 heteroatoms. The molecule has 0 aliphatic carbocycles. The molecule has 3 amide bonds. The number of anilines is 1. The third kappa shape index (κ3) is 6.51. The van der Waals surface area contributed by atoms with Crippen LogP contribution in [0, 0.1) is 23.6 Å². The van der Waals surface area contributed by atoms with E-state index in [0.29, 0.717) is 41.9 Å². The Morgan fingerprint density at radius 1 is 1.17 bits per heavy atom. The van der Waals surface area contributed by atoms with E-state index in [-0.39, 0.29) is 23.7 Å². The van der Waals surface area contributed by atoms with E-state index >= 15 is 0 Å². The van der Waals surface area contributed by atoms with Crippen molar-refractivity contribution in [2.24, 2.45) is 11.0 Å². The molecule has 1 aromatic heterocycles. The summed E-state index contributed by atoms with van der Waals surface area (Å²) in [5.41, 5.74) is 6.86. The van der Waals surface area contributed by atoms with Crippen molar-refractivity contribution in [3.8, 4) is 11.8 Å². The van der Waals surface area contributed by atoms with Gasteiger partial charge in [-0.05, 0) is 60.5 Å². The number of carbonyl (C=O) groups excluding carboxylic acids is 2. The Kier molecular flexibility index (Phi) is 7.48. The van der Waals surface area contributed by atoms with Crippen LogP contribution in [-0.2, 0) is 11.2 Å². The van der Waals surface area contributed by atoms with Gasteiger partial charge in [0.25, 0.3) is 0 Å². The Morgan fingerprint density at radius 2 is 2.00 bits per heavy atom. The average molecular weight is 470 g/mol. The maximum absolute atomic E-state index is 13.2. The topological polar surface area (TPSA) is 95.5 Å². The van der Waals surface area contributed by atoms with Gasteiger partial charge in [0.05, 0.1) is 5.71 Å². The molecule has 3 aromatic rings. The van der Waals surface area contributed by atoms with Crippen molar-refractivity contribution in [3.05, 3.63) is 95.1 Å². The minimum absolute atomic E-state index is 0.0929. The van der Waals surface area contributed by atoms with Gasteiger partial charge in [-0.1, -0.05) is 24.8 Å². The lowest BCUT2D eigenvalue weighted by Crippen LogP contribution is -2.32. The summed E-state index contributed by atoms with van der Waals surface area (Å²) >= 11 is 0. The Morgan fingerprint density at radius 3 is 2.74 bits per heavy atom. The third-order valence-electron chi connectivity index (χ3n) is 5.42. The molecule has 1 aliphatic rings. The number of pyridine rings is 1. The van der Waals surface area contributed by atoms with Crippen LogP contribution in [-0.4, -0.2) is 29.2 Å². The number of amides is 3. The third-order valence-corrected chi connectivity index (χ3v) is 5.42. The van der Waals surface area contributed by atoms with Gasteiger partial charge in [0, 0.05) is 53.7 Å². The Hall–Kier alpha value is -4.51. The van der Waals surface area contributed by atoms with Gasteiger partial charge >= 0.3 is 6.03 Å². The first-order valence-corrected chi connectivity index (χ1v) is 11.2. The molecular formula is C27H24FN5O2. The summed E-state index contributed by atoms with van der Waals surface area (Å²) < 4.78 is 13.2. The number of rotatable bonds is 5. The lowest BCUT2D eigenvalue weighted by Gasteiger charge is -2.20. The highest BCUT2D eigenvalue weighted by Gasteiger charge is 2.23. The van der Waals surface area contributed by atoms with E-state index in [1.54, 1.807) is 36.7 Å². The number of urea groups is 1. The van der Waals surface area contributed by atoms with E-state index in [1.165, 1.54) is 12.1 Å². The second kappa shape index (κ2) is 11.1. The zero-order valence-corrected chi connectivity index (χ0v) is 19.1. The molecule has 1 aliphatic heterocycles. The van der Waals surface area contributed by atoms with Gasteiger partial charge in [0.2, 0.25) is 5.91 Å². The number of benzene rings is 2. The lowest BCUT2D eigenvalue weighted by molar-refractivity contribution is -0.121. The Bertz CT molecular complexity index is 1310. The van der Waals surface area contributed by atoms with Gasteiger partial charge in [-0.3, -0.25) is 9.78 Å². The van der Waals surface area contributed by atoms with Crippen LogP contribution in [0.25, 0.3) is 0 Å². The maximum atomic E-state index is 13.2. The van der Waals surface area contributed by atoms with Crippen molar-refractivity contribution < 1.29 is 14.0 Å². The molecule has 1 unspecified atom stereocenters. The van der Waals surface area contributed by atoms with Gasteiger partial charge in [0.15, 0.2) is 0 Å². The Balaban J connectivity index is 1.54. The number of carbonyl (C=O) groups is 2. The van der Waals surface area contributed by atoms with Crippen LogP contribution in [0.1, 0.15) is 35.6 Å². The molecule has 176 valence electrons. The molecule has 0 spiro atoms. The minimum Gasteiger partial charge on any atom is -0.338 e. The van der Waals surface area contributed by atoms with Gasteiger partial charge in [-0.25, -0.2) is 14.6 Å². The molecule has 35 heavy (non-hydrogen) atoms. The number of nitrogens with one attached hydrogen (secondary N) is 3. The van der Waals surface area contributed by atoms with Gasteiger partial charge in [-0.2, -0.15) is 5.10 Å². The zero-order chi connectivity index (χ0) is 24.6. The van der Waals surface area contributed by atoms with Crippen LogP contribution in [0.15, 0.2) is 72.1 Å². The summed E-state index contributed by atoms with van der Waals surface area (Å²) in [7, 11) is 0. The number of hydrogen-bond donors (Lipinski definition) is 3. The van der Waals surface area contributed by atoms with Gasteiger partial charge in [0.1, 0.15) is 5.82 Å². The minimum atomic E-state index is -0.338. The molecule has 4 rings (SSSR count). The predicted molar refractivity (Wildman–Crippen MR) is 132 cm³/mol. The molecule has 2 heterocycles. The van der Waals surface area contributed by atoms with Gasteiger partial charge in [-0.15, -0.1) is 0 Å². The molecule has 0 saturated heterocycles. The summed E-state index contributed by atoms with van der Waals surface area (Å²) in [5.74, 6) is 5.58. The maximum Gasteiger partial charge on any atom is 0.319 e. The number of hydrazone groups is 1. The monoisotopic (exact) mass is 469 g/mol. The first-order chi connectivity index (χ1) is 17.0. The zero-order valence-electron chi connectivity index (χ0n) is 19.1. The number of nitrogens with zero attached hydrogens (tertiary/aromatic N) is 2. The average Bonchev–Trinajstić information content (AvgIpc) is 2.85. The van der Waals surface area contributed by atoms with Crippen molar-refractivity contribution in [2.75, 3.05) is 11.9 Å². The second-order valence-corrected chi connectivity index (χ2v) is 8.15. The van der Waals surface area contributed by atoms with Crippen molar-refractivity contribution in [3.63, 3.8) is 0 Å². The first kappa shape index (κ1) is 23.6. The largest absolute Gasteiger partial charge is 0.338 e. The van der Waals surface area contributed by atoms with Gasteiger partial charge < -0.3 is 10.6 Å². The molecule has 1 atom stereocenters. The fraction of sp³-hybridized carbons (Fsp3) is 0.185. The fourth-order valence-electron chi connectivity index (χ4n) is 3.64. The summed E-state index contributed by atoms with van der Waals surface area (Å²) in [6.07, 6.45) is 4.46. The van der Waals surface area contributed by atoms with E-state index in [9.17, 15) is 14.0 Å². The molecule has 0 fully saturated rings. The van der Waals surface area contributed by atoms with E-state index in [4.69, 9.17) is 0 Å². The van der Waals surface area contributed by atoms with Crippen molar-refractivity contribution in [1.82, 2.24) is 15.7 Å². The number of hydrogen-bond acceptors (Lipinski definition) is 4. The lowest BCUT2D eigenvalue weighted by atomic mass is 9.91. The molecule has 0 radical (unpaired) electrons. The molecular weight excluding hydrogens is 445 g/mol. The predicted octanol–water partition coefficient (Wildman–Crippen LogP) is 3.84. The molecule has 0 bridgehead atoms. The van der Waals surface area contributed by atoms with Crippen LogP contribution in [0.3, 0.4) is 0 Å². The quantitative estimate of drug-likeness (QED) is 0.496. The van der Waals surface area contributed by atoms with E-state index in [0.717, 1.165) is 11.1 Å². The molecule has 3 N–H and O–H groups in total. The molecule has 7 nitrogen and oxygen atoms in total. The van der Waals surface area contributed by atoms with E-state index in [2.05, 4.69) is 38.0 Å². The van der Waals surface area contributed by atoms with Crippen LogP contribution in [0.2, 0.25) is 0 Å².